The number of hydrogen-bond acceptors (Lipinski definition) is 3. The van der Waals surface area contributed by atoms with Crippen molar-refractivity contribution in [2.24, 2.45) is 11.8 Å². The Kier molecular flexibility index (Phi) is 5.64. The Hall–Kier alpha value is -0.570. The van der Waals surface area contributed by atoms with Crippen LogP contribution >= 0.6 is 0 Å². The van der Waals surface area contributed by atoms with Crippen molar-refractivity contribution in [3.8, 4) is 0 Å². The maximum atomic E-state index is 11.6. The van der Waals surface area contributed by atoms with Crippen molar-refractivity contribution in [1.29, 1.82) is 0 Å². The van der Waals surface area contributed by atoms with Gasteiger partial charge in [-0.1, -0.05) is 13.8 Å². The number of hydrogen-bond donors (Lipinski definition) is 0. The largest absolute Gasteiger partial charge is 0.460 e. The fourth-order valence-corrected chi connectivity index (χ4v) is 2.49. The molecule has 1 saturated heterocycles. The zero-order valence-electron chi connectivity index (χ0n) is 12.7. The fourth-order valence-electron chi connectivity index (χ4n) is 2.49. The number of esters is 1. The van der Waals surface area contributed by atoms with Crippen molar-refractivity contribution in [2.75, 3.05) is 19.6 Å². The summed E-state index contributed by atoms with van der Waals surface area (Å²) in [4.78, 5) is 14.0. The van der Waals surface area contributed by atoms with E-state index >= 15 is 0 Å². The molecule has 1 heterocycles. The third kappa shape index (κ3) is 5.85. The molecule has 0 aromatic rings. The summed E-state index contributed by atoms with van der Waals surface area (Å²) in [5, 5.41) is 0. The van der Waals surface area contributed by atoms with E-state index in [4.69, 9.17) is 4.74 Å². The normalized spacial score (nSPS) is 19.2. The summed E-state index contributed by atoms with van der Waals surface area (Å²) in [7, 11) is 0. The molecular formula is C15H29NO2. The van der Waals surface area contributed by atoms with Crippen LogP contribution in [-0.2, 0) is 9.53 Å². The minimum atomic E-state index is -0.359. The Bertz CT molecular complexity index is 260. The first kappa shape index (κ1) is 15.5. The maximum absolute atomic E-state index is 11.6. The molecule has 106 valence electrons. The average Bonchev–Trinajstić information content (AvgIpc) is 2.24. The van der Waals surface area contributed by atoms with E-state index in [-0.39, 0.29) is 11.6 Å². The molecule has 18 heavy (non-hydrogen) atoms. The summed E-state index contributed by atoms with van der Waals surface area (Å²) < 4.78 is 5.32. The number of likely N-dealkylation sites (tertiary alicyclic amines) is 1. The van der Waals surface area contributed by atoms with Crippen LogP contribution in [0, 0.1) is 11.8 Å². The molecule has 3 nitrogen and oxygen atoms in total. The second-order valence-corrected chi connectivity index (χ2v) is 6.76. The Morgan fingerprint density at radius 2 is 1.83 bits per heavy atom. The molecule has 1 fully saturated rings. The second-order valence-electron chi connectivity index (χ2n) is 6.76. The Morgan fingerprint density at radius 1 is 1.28 bits per heavy atom. The zero-order chi connectivity index (χ0) is 13.8. The predicted octanol–water partition coefficient (Wildman–Crippen LogP) is 3.09. The van der Waals surface area contributed by atoms with E-state index in [1.54, 1.807) is 0 Å². The highest BCUT2D eigenvalue weighted by molar-refractivity contribution is 5.70. The van der Waals surface area contributed by atoms with Gasteiger partial charge in [-0.2, -0.15) is 0 Å². The lowest BCUT2D eigenvalue weighted by Crippen LogP contribution is -2.37. The monoisotopic (exact) mass is 255 g/mol. The Labute approximate surface area is 112 Å². The highest BCUT2D eigenvalue weighted by atomic mass is 16.6. The minimum absolute atomic E-state index is 0.0755. The molecule has 0 unspecified atom stereocenters. The van der Waals surface area contributed by atoms with Crippen molar-refractivity contribution in [2.45, 2.75) is 59.5 Å². The summed E-state index contributed by atoms with van der Waals surface area (Å²) in [6, 6.07) is 0. The van der Waals surface area contributed by atoms with Gasteiger partial charge in [-0.15, -0.1) is 0 Å². The van der Waals surface area contributed by atoms with Crippen molar-refractivity contribution >= 4 is 5.97 Å². The fraction of sp³-hybridized carbons (Fsp3) is 0.933. The lowest BCUT2D eigenvalue weighted by atomic mass is 9.87. The van der Waals surface area contributed by atoms with Gasteiger partial charge < -0.3 is 9.64 Å². The molecule has 0 N–H and O–H groups in total. The van der Waals surface area contributed by atoms with E-state index in [9.17, 15) is 4.79 Å². The smallest absolute Gasteiger partial charge is 0.307 e. The SMILES string of the molecule is CC(C)C1CCN(CCC(=O)OC(C)(C)C)CC1. The van der Waals surface area contributed by atoms with Gasteiger partial charge in [0.25, 0.3) is 0 Å². The second kappa shape index (κ2) is 6.55. The first-order chi connectivity index (χ1) is 8.28. The molecule has 0 aliphatic carbocycles. The number of nitrogens with zero attached hydrogens (tertiary/aromatic N) is 1. The molecule has 0 aromatic carbocycles. The summed E-state index contributed by atoms with van der Waals surface area (Å²) in [5.74, 6) is 1.58. The number of ether oxygens (including phenoxy) is 1. The van der Waals surface area contributed by atoms with Crippen LogP contribution in [0.1, 0.15) is 53.9 Å². The first-order valence-electron chi connectivity index (χ1n) is 7.22. The van der Waals surface area contributed by atoms with Crippen LogP contribution in [-0.4, -0.2) is 36.1 Å². The molecule has 0 spiro atoms. The van der Waals surface area contributed by atoms with Crippen LogP contribution in [0.15, 0.2) is 0 Å². The third-order valence-electron chi connectivity index (χ3n) is 3.63. The van der Waals surface area contributed by atoms with E-state index in [1.807, 2.05) is 20.8 Å². The molecule has 0 saturated carbocycles. The Balaban J connectivity index is 2.20. The Morgan fingerprint density at radius 3 is 2.28 bits per heavy atom. The molecule has 0 aromatic heterocycles. The average molecular weight is 255 g/mol. The number of piperidine rings is 1. The zero-order valence-corrected chi connectivity index (χ0v) is 12.7. The quantitative estimate of drug-likeness (QED) is 0.723. The minimum Gasteiger partial charge on any atom is -0.460 e. The van der Waals surface area contributed by atoms with Crippen molar-refractivity contribution in [3.63, 3.8) is 0 Å². The lowest BCUT2D eigenvalue weighted by molar-refractivity contribution is -0.155. The van der Waals surface area contributed by atoms with E-state index < -0.39 is 0 Å². The van der Waals surface area contributed by atoms with Gasteiger partial charge in [0.05, 0.1) is 6.42 Å². The standard InChI is InChI=1S/C15H29NO2/c1-12(2)13-6-9-16(10-7-13)11-8-14(17)18-15(3,4)5/h12-13H,6-11H2,1-5H3. The molecule has 0 amide bonds. The number of carbonyl (C=O) groups is 1. The van der Waals surface area contributed by atoms with Gasteiger partial charge in [0, 0.05) is 6.54 Å². The van der Waals surface area contributed by atoms with Gasteiger partial charge in [0.1, 0.15) is 5.60 Å². The highest BCUT2D eigenvalue weighted by Gasteiger charge is 2.22. The summed E-state index contributed by atoms with van der Waals surface area (Å²) in [6.45, 7) is 13.5. The topological polar surface area (TPSA) is 29.5 Å². The molecule has 0 radical (unpaired) electrons. The summed E-state index contributed by atoms with van der Waals surface area (Å²) in [5.41, 5.74) is -0.359. The van der Waals surface area contributed by atoms with Gasteiger partial charge >= 0.3 is 5.97 Å². The molecule has 0 bridgehead atoms. The molecular weight excluding hydrogens is 226 g/mol. The van der Waals surface area contributed by atoms with Crippen molar-refractivity contribution in [3.05, 3.63) is 0 Å². The van der Waals surface area contributed by atoms with Crippen LogP contribution in [0.5, 0.6) is 0 Å². The number of carbonyl (C=O) groups excluding carboxylic acids is 1. The van der Waals surface area contributed by atoms with Gasteiger partial charge in [-0.25, -0.2) is 0 Å². The van der Waals surface area contributed by atoms with Crippen LogP contribution in [0.25, 0.3) is 0 Å². The van der Waals surface area contributed by atoms with E-state index in [1.165, 1.54) is 12.8 Å². The first-order valence-corrected chi connectivity index (χ1v) is 7.22. The molecule has 1 rings (SSSR count). The predicted molar refractivity (Wildman–Crippen MR) is 74.5 cm³/mol. The molecule has 1 aliphatic rings. The number of rotatable bonds is 4. The van der Waals surface area contributed by atoms with Crippen molar-refractivity contribution < 1.29 is 9.53 Å². The van der Waals surface area contributed by atoms with Crippen LogP contribution in [0.4, 0.5) is 0 Å². The van der Waals surface area contributed by atoms with E-state index in [0.717, 1.165) is 31.5 Å². The van der Waals surface area contributed by atoms with Crippen LogP contribution < -0.4 is 0 Å². The third-order valence-corrected chi connectivity index (χ3v) is 3.63. The van der Waals surface area contributed by atoms with E-state index in [0.29, 0.717) is 6.42 Å². The lowest BCUT2D eigenvalue weighted by Gasteiger charge is -2.33. The molecule has 1 aliphatic heterocycles. The van der Waals surface area contributed by atoms with Gasteiger partial charge in [0.15, 0.2) is 0 Å². The van der Waals surface area contributed by atoms with Crippen molar-refractivity contribution in [1.82, 2.24) is 4.90 Å². The van der Waals surface area contributed by atoms with Gasteiger partial charge in [0.2, 0.25) is 0 Å². The van der Waals surface area contributed by atoms with Gasteiger partial charge in [-0.05, 0) is 58.5 Å². The van der Waals surface area contributed by atoms with Crippen LogP contribution in [0.2, 0.25) is 0 Å². The van der Waals surface area contributed by atoms with Crippen LogP contribution in [0.3, 0.4) is 0 Å². The molecule has 3 heteroatoms. The highest BCUT2D eigenvalue weighted by Crippen LogP contribution is 2.24. The van der Waals surface area contributed by atoms with Gasteiger partial charge in [-0.3, -0.25) is 4.79 Å². The van der Waals surface area contributed by atoms with E-state index in [2.05, 4.69) is 18.7 Å². The summed E-state index contributed by atoms with van der Waals surface area (Å²) >= 11 is 0. The summed E-state index contributed by atoms with van der Waals surface area (Å²) in [6.07, 6.45) is 3.06. The maximum Gasteiger partial charge on any atom is 0.307 e. The molecule has 0 atom stereocenters.